The van der Waals surface area contributed by atoms with Gasteiger partial charge in [-0.05, 0) is 49.6 Å². The number of hydrogen-bond acceptors (Lipinski definition) is 5. The summed E-state index contributed by atoms with van der Waals surface area (Å²) in [6.45, 7) is 3.25. The van der Waals surface area contributed by atoms with Gasteiger partial charge in [-0.2, -0.15) is 5.26 Å². The Labute approximate surface area is 153 Å². The number of piperidine rings is 1. The average molecular weight is 350 g/mol. The number of carbonyl (C=O) groups is 1. The Hall–Kier alpha value is -2.68. The quantitative estimate of drug-likeness (QED) is 0.819. The van der Waals surface area contributed by atoms with E-state index in [-0.39, 0.29) is 18.1 Å². The van der Waals surface area contributed by atoms with Gasteiger partial charge in [0.1, 0.15) is 0 Å². The summed E-state index contributed by atoms with van der Waals surface area (Å²) in [5, 5.41) is 10.7. The van der Waals surface area contributed by atoms with E-state index in [1.54, 1.807) is 29.3 Å². The topological polar surface area (TPSA) is 62.6 Å². The van der Waals surface area contributed by atoms with Crippen LogP contribution in [-0.2, 0) is 9.57 Å². The van der Waals surface area contributed by atoms with Crippen LogP contribution < -0.4 is 0 Å². The van der Waals surface area contributed by atoms with E-state index in [1.165, 1.54) is 0 Å². The molecular weight excluding hydrogens is 328 g/mol. The van der Waals surface area contributed by atoms with Crippen molar-refractivity contribution in [3.05, 3.63) is 71.3 Å². The van der Waals surface area contributed by atoms with Crippen molar-refractivity contribution in [2.24, 2.45) is 0 Å². The number of benzene rings is 2. The molecule has 0 bridgehead atoms. The van der Waals surface area contributed by atoms with E-state index in [0.717, 1.165) is 18.4 Å². The monoisotopic (exact) mass is 350 g/mol. The molecule has 5 nitrogen and oxygen atoms in total. The molecule has 2 aromatic carbocycles. The highest BCUT2D eigenvalue weighted by Crippen LogP contribution is 2.33. The molecule has 1 heterocycles. The van der Waals surface area contributed by atoms with E-state index in [0.29, 0.717) is 24.3 Å². The Morgan fingerprint density at radius 3 is 2.58 bits per heavy atom. The minimum absolute atomic E-state index is 0.0966. The van der Waals surface area contributed by atoms with Gasteiger partial charge in [0.25, 0.3) is 0 Å². The molecule has 26 heavy (non-hydrogen) atoms. The maximum absolute atomic E-state index is 12.5. The van der Waals surface area contributed by atoms with Gasteiger partial charge >= 0.3 is 5.97 Å². The van der Waals surface area contributed by atoms with Crippen molar-refractivity contribution in [1.29, 1.82) is 5.26 Å². The van der Waals surface area contributed by atoms with E-state index >= 15 is 0 Å². The van der Waals surface area contributed by atoms with E-state index in [1.807, 2.05) is 37.3 Å². The summed E-state index contributed by atoms with van der Waals surface area (Å²) >= 11 is 0. The number of nitriles is 1. The maximum atomic E-state index is 12.5. The molecule has 1 saturated heterocycles. The fourth-order valence-corrected chi connectivity index (χ4v) is 3.22. The van der Waals surface area contributed by atoms with Crippen LogP contribution >= 0.6 is 0 Å². The number of nitrogens with zero attached hydrogens (tertiary/aromatic N) is 2. The second-order valence-electron chi connectivity index (χ2n) is 6.24. The Morgan fingerprint density at radius 2 is 1.92 bits per heavy atom. The Kier molecular flexibility index (Phi) is 6.00. The van der Waals surface area contributed by atoms with Gasteiger partial charge in [0.15, 0.2) is 0 Å². The van der Waals surface area contributed by atoms with Crippen molar-refractivity contribution in [3.63, 3.8) is 0 Å². The minimum Gasteiger partial charge on any atom is -0.378 e. The fourth-order valence-electron chi connectivity index (χ4n) is 3.22. The summed E-state index contributed by atoms with van der Waals surface area (Å²) in [5.41, 5.74) is 2.14. The molecule has 0 radical (unpaired) electrons. The van der Waals surface area contributed by atoms with E-state index in [2.05, 4.69) is 6.07 Å². The van der Waals surface area contributed by atoms with Crippen LogP contribution in [0.25, 0.3) is 0 Å². The van der Waals surface area contributed by atoms with Gasteiger partial charge in [-0.15, -0.1) is 5.06 Å². The third kappa shape index (κ3) is 4.29. The van der Waals surface area contributed by atoms with Crippen molar-refractivity contribution < 1.29 is 14.4 Å². The van der Waals surface area contributed by atoms with Crippen molar-refractivity contribution in [2.45, 2.75) is 31.9 Å². The summed E-state index contributed by atoms with van der Waals surface area (Å²) in [6, 6.07) is 18.4. The summed E-state index contributed by atoms with van der Waals surface area (Å²) in [6.07, 6.45) is 1.68. The largest absolute Gasteiger partial charge is 0.378 e. The number of hydrogen-bond donors (Lipinski definition) is 0. The highest BCUT2D eigenvalue weighted by Gasteiger charge is 2.33. The van der Waals surface area contributed by atoms with Gasteiger partial charge in [-0.1, -0.05) is 30.3 Å². The molecule has 134 valence electrons. The van der Waals surface area contributed by atoms with Crippen molar-refractivity contribution in [1.82, 2.24) is 5.06 Å². The van der Waals surface area contributed by atoms with Crippen LogP contribution in [0.1, 0.15) is 47.3 Å². The van der Waals surface area contributed by atoms with E-state index in [9.17, 15) is 4.79 Å². The van der Waals surface area contributed by atoms with Gasteiger partial charge in [-0.3, -0.25) is 0 Å². The molecule has 0 unspecified atom stereocenters. The maximum Gasteiger partial charge on any atom is 0.357 e. The zero-order valence-corrected chi connectivity index (χ0v) is 14.8. The molecule has 2 atom stereocenters. The van der Waals surface area contributed by atoms with Crippen LogP contribution in [0.2, 0.25) is 0 Å². The number of ether oxygens (including phenoxy) is 1. The first-order chi connectivity index (χ1) is 12.7. The predicted octanol–water partition coefficient (Wildman–Crippen LogP) is 3.87. The number of hydroxylamine groups is 2. The van der Waals surface area contributed by atoms with Crippen LogP contribution in [0.4, 0.5) is 0 Å². The van der Waals surface area contributed by atoms with Crippen molar-refractivity contribution in [2.75, 3.05) is 13.2 Å². The van der Waals surface area contributed by atoms with E-state index < -0.39 is 0 Å². The first kappa shape index (κ1) is 18.1. The van der Waals surface area contributed by atoms with Gasteiger partial charge in [0, 0.05) is 13.2 Å². The highest BCUT2D eigenvalue weighted by molar-refractivity contribution is 5.89. The SMILES string of the molecule is CCO[C@H]1CCN(OC(=O)c2ccccc2)[C@H](c2ccc(C#N)cc2)C1. The van der Waals surface area contributed by atoms with Crippen LogP contribution in [0.15, 0.2) is 54.6 Å². The van der Waals surface area contributed by atoms with E-state index in [4.69, 9.17) is 14.8 Å². The number of carbonyl (C=O) groups excluding carboxylic acids is 1. The molecule has 1 aliphatic rings. The summed E-state index contributed by atoms with van der Waals surface area (Å²) in [7, 11) is 0. The summed E-state index contributed by atoms with van der Waals surface area (Å²) < 4.78 is 5.80. The summed E-state index contributed by atoms with van der Waals surface area (Å²) in [4.78, 5) is 18.2. The lowest BCUT2D eigenvalue weighted by molar-refractivity contribution is -0.173. The van der Waals surface area contributed by atoms with Crippen molar-refractivity contribution in [3.8, 4) is 6.07 Å². The third-order valence-corrected chi connectivity index (χ3v) is 4.54. The lowest BCUT2D eigenvalue weighted by atomic mass is 9.94. The van der Waals surface area contributed by atoms with Gasteiger partial charge in [-0.25, -0.2) is 4.79 Å². The molecule has 1 aliphatic heterocycles. The first-order valence-electron chi connectivity index (χ1n) is 8.87. The Bertz CT molecular complexity index is 768. The third-order valence-electron chi connectivity index (χ3n) is 4.54. The number of rotatable bonds is 5. The molecule has 0 N–H and O–H groups in total. The van der Waals surface area contributed by atoms with Crippen molar-refractivity contribution >= 4 is 5.97 Å². The molecule has 2 aromatic rings. The molecule has 0 spiro atoms. The summed E-state index contributed by atoms with van der Waals surface area (Å²) in [5.74, 6) is -0.362. The molecule has 5 heteroatoms. The van der Waals surface area contributed by atoms with Crippen LogP contribution in [0.5, 0.6) is 0 Å². The van der Waals surface area contributed by atoms with Gasteiger partial charge in [0.2, 0.25) is 0 Å². The van der Waals surface area contributed by atoms with Crippen LogP contribution in [0.3, 0.4) is 0 Å². The lowest BCUT2D eigenvalue weighted by Gasteiger charge is -2.37. The second kappa shape index (κ2) is 8.61. The predicted molar refractivity (Wildman–Crippen MR) is 97.1 cm³/mol. The highest BCUT2D eigenvalue weighted by atomic mass is 16.7. The lowest BCUT2D eigenvalue weighted by Crippen LogP contribution is -2.41. The van der Waals surface area contributed by atoms with Crippen LogP contribution in [-0.4, -0.2) is 30.3 Å². The fraction of sp³-hybridized carbons (Fsp3) is 0.333. The Morgan fingerprint density at radius 1 is 1.19 bits per heavy atom. The molecule has 0 aromatic heterocycles. The van der Waals surface area contributed by atoms with Gasteiger partial charge in [0.05, 0.1) is 29.3 Å². The normalized spacial score (nSPS) is 20.3. The smallest absolute Gasteiger partial charge is 0.357 e. The van der Waals surface area contributed by atoms with Gasteiger partial charge < -0.3 is 9.57 Å². The zero-order chi connectivity index (χ0) is 18.4. The minimum atomic E-state index is -0.362. The molecule has 3 rings (SSSR count). The molecule has 1 fully saturated rings. The molecule has 0 aliphatic carbocycles. The molecular formula is C21H22N2O3. The van der Waals surface area contributed by atoms with Crippen LogP contribution in [0, 0.1) is 11.3 Å². The molecule has 0 amide bonds. The Balaban J connectivity index is 1.79. The standard InChI is InChI=1S/C21H22N2O3/c1-2-25-19-12-13-23(26-21(24)18-6-4-3-5-7-18)20(14-19)17-10-8-16(15-22)9-11-17/h3-11,19-20H,2,12-14H2,1H3/t19-,20-/m0/s1. The molecule has 0 saturated carbocycles. The average Bonchev–Trinajstić information content (AvgIpc) is 2.70. The first-order valence-corrected chi connectivity index (χ1v) is 8.87. The second-order valence-corrected chi connectivity index (χ2v) is 6.24. The zero-order valence-electron chi connectivity index (χ0n) is 14.8.